The van der Waals surface area contributed by atoms with Crippen LogP contribution < -0.4 is 10.4 Å². The lowest BCUT2D eigenvalue weighted by molar-refractivity contribution is -0.937. The molecule has 0 atom stereocenters. The molecule has 0 aliphatic carbocycles. The molecule has 0 saturated heterocycles. The van der Waals surface area contributed by atoms with Gasteiger partial charge >= 0.3 is 6.18 Å². The van der Waals surface area contributed by atoms with Crippen LogP contribution in [-0.4, -0.2) is 38.5 Å². The Morgan fingerprint density at radius 2 is 1.39 bits per heavy atom. The average Bonchev–Trinajstić information content (AvgIpc) is 2.83. The molecule has 36 heavy (non-hydrogen) atoms. The highest BCUT2D eigenvalue weighted by Crippen LogP contribution is 2.31. The summed E-state index contributed by atoms with van der Waals surface area (Å²) in [4.78, 5) is 2.17. The van der Waals surface area contributed by atoms with Crippen LogP contribution in [0.25, 0.3) is 0 Å². The van der Waals surface area contributed by atoms with Gasteiger partial charge in [0.1, 0.15) is 14.4 Å². The van der Waals surface area contributed by atoms with Gasteiger partial charge in [0, 0.05) is 30.8 Å². The molecule has 0 aliphatic heterocycles. The maximum Gasteiger partial charge on any atom is 0.416 e. The van der Waals surface area contributed by atoms with Gasteiger partial charge in [0.15, 0.2) is 0 Å². The van der Waals surface area contributed by atoms with Crippen LogP contribution in [0.1, 0.15) is 48.1 Å². The van der Waals surface area contributed by atoms with Crippen molar-refractivity contribution < 1.29 is 17.7 Å². The second-order valence-electron chi connectivity index (χ2n) is 9.91. The van der Waals surface area contributed by atoms with Gasteiger partial charge in [-0.3, -0.25) is 0 Å². The summed E-state index contributed by atoms with van der Waals surface area (Å²) >= 11 is 0. The maximum absolute atomic E-state index is 13.1. The maximum atomic E-state index is 13.1. The fourth-order valence-electron chi connectivity index (χ4n) is 4.99. The predicted octanol–water partition coefficient (Wildman–Crippen LogP) is 6.57. The van der Waals surface area contributed by atoms with Crippen molar-refractivity contribution in [1.29, 1.82) is 0 Å². The van der Waals surface area contributed by atoms with Gasteiger partial charge in [-0.2, -0.15) is 13.2 Å². The van der Waals surface area contributed by atoms with Gasteiger partial charge < -0.3 is 9.38 Å². The van der Waals surface area contributed by atoms with E-state index in [1.165, 1.54) is 28.8 Å². The number of halogens is 3. The van der Waals surface area contributed by atoms with E-state index in [2.05, 4.69) is 50.8 Å². The molecule has 0 saturated carbocycles. The van der Waals surface area contributed by atoms with Gasteiger partial charge in [0.25, 0.3) is 0 Å². The lowest BCUT2D eigenvalue weighted by atomic mass is 9.95. The Morgan fingerprint density at radius 3 is 1.92 bits per heavy atom. The largest absolute Gasteiger partial charge is 0.416 e. The van der Waals surface area contributed by atoms with Gasteiger partial charge in [-0.15, -0.1) is 0 Å². The van der Waals surface area contributed by atoms with Crippen molar-refractivity contribution in [2.45, 2.75) is 53.4 Å². The molecule has 0 spiro atoms. The average molecular weight is 493 g/mol. The zero-order valence-electron chi connectivity index (χ0n) is 21.9. The molecule has 6 heteroatoms. The third kappa shape index (κ3) is 7.63. The number of anilines is 1. The molecular weight excluding hydrogens is 456 g/mol. The van der Waals surface area contributed by atoms with Crippen molar-refractivity contribution in [2.75, 3.05) is 31.1 Å². The van der Waals surface area contributed by atoms with Crippen LogP contribution in [0.5, 0.6) is 0 Å². The highest BCUT2D eigenvalue weighted by molar-refractivity contribution is 6.32. The molecule has 0 bridgehead atoms. The summed E-state index contributed by atoms with van der Waals surface area (Å²) in [6.45, 7) is 14.2. The van der Waals surface area contributed by atoms with Crippen molar-refractivity contribution in [3.05, 3.63) is 94.5 Å². The number of hydrogen-bond donors (Lipinski definition) is 0. The Kier molecular flexibility index (Phi) is 9.29. The monoisotopic (exact) mass is 493 g/mol. The number of rotatable bonds is 11. The van der Waals surface area contributed by atoms with E-state index < -0.39 is 11.7 Å². The van der Waals surface area contributed by atoms with E-state index in [4.69, 9.17) is 7.85 Å². The molecule has 0 N–H and O–H groups in total. The Morgan fingerprint density at radius 1 is 0.806 bits per heavy atom. The van der Waals surface area contributed by atoms with E-state index in [9.17, 15) is 13.2 Å². The Labute approximate surface area is 215 Å². The number of quaternary nitrogens is 1. The molecule has 0 fully saturated rings. The van der Waals surface area contributed by atoms with Crippen LogP contribution >= 0.6 is 0 Å². The van der Waals surface area contributed by atoms with Crippen LogP contribution in [0.15, 0.2) is 66.7 Å². The topological polar surface area (TPSA) is 3.24 Å². The van der Waals surface area contributed by atoms with Crippen LogP contribution in [0.4, 0.5) is 18.9 Å². The number of alkyl halides is 3. The second kappa shape index (κ2) is 12.0. The number of nitrogens with zero attached hydrogens (tertiary/aromatic N) is 2. The predicted molar refractivity (Wildman–Crippen MR) is 145 cm³/mol. The lowest BCUT2D eigenvalue weighted by Crippen LogP contribution is -2.48. The molecule has 3 aromatic rings. The van der Waals surface area contributed by atoms with Gasteiger partial charge in [0.2, 0.25) is 0 Å². The first kappa shape index (κ1) is 27.9. The van der Waals surface area contributed by atoms with E-state index >= 15 is 0 Å². The standard InChI is InChI=1S/C30H37BF3N2/c1-5-36(6-2,22-26-19-23(3)18-24(4)20-26)17-7-16-35(21-25-8-12-28(31)13-9-25)29-14-10-27(11-15-29)30(32,33)34/h8-15,18-20H,5-7,16-17,21-22H2,1-4H3/q+1. The zero-order chi connectivity index (χ0) is 26.3. The molecule has 0 heterocycles. The van der Waals surface area contributed by atoms with E-state index in [0.29, 0.717) is 12.0 Å². The first-order valence-electron chi connectivity index (χ1n) is 12.7. The summed E-state index contributed by atoms with van der Waals surface area (Å²) in [5.74, 6) is 0. The minimum Gasteiger partial charge on any atom is -0.367 e. The molecule has 190 valence electrons. The molecule has 2 nitrogen and oxygen atoms in total. The van der Waals surface area contributed by atoms with Gasteiger partial charge in [-0.1, -0.05) is 59.1 Å². The highest BCUT2D eigenvalue weighted by atomic mass is 19.4. The normalized spacial score (nSPS) is 12.1. The van der Waals surface area contributed by atoms with Gasteiger partial charge in [-0.05, 0) is 57.5 Å². The smallest absolute Gasteiger partial charge is 0.367 e. The molecule has 0 aromatic heterocycles. The van der Waals surface area contributed by atoms with E-state index in [1.807, 2.05) is 24.3 Å². The third-order valence-corrected chi connectivity index (χ3v) is 7.11. The van der Waals surface area contributed by atoms with Crippen molar-refractivity contribution in [3.63, 3.8) is 0 Å². The SMILES string of the molecule is [B]c1ccc(CN(CCC[N+](CC)(CC)Cc2cc(C)cc(C)c2)c2ccc(C(F)(F)F)cc2)cc1. The van der Waals surface area contributed by atoms with Crippen LogP contribution in [-0.2, 0) is 19.3 Å². The van der Waals surface area contributed by atoms with Crippen LogP contribution in [0.3, 0.4) is 0 Å². The Bertz CT molecular complexity index is 1080. The van der Waals surface area contributed by atoms with Crippen molar-refractivity contribution >= 4 is 19.0 Å². The van der Waals surface area contributed by atoms with Crippen LogP contribution in [0.2, 0.25) is 0 Å². The van der Waals surface area contributed by atoms with Crippen molar-refractivity contribution in [1.82, 2.24) is 0 Å². The lowest BCUT2D eigenvalue weighted by Gasteiger charge is -2.38. The number of aryl methyl sites for hydroxylation is 2. The summed E-state index contributed by atoms with van der Waals surface area (Å²) in [7, 11) is 5.84. The molecular formula is C30H37BF3N2+. The third-order valence-electron chi connectivity index (χ3n) is 7.11. The first-order chi connectivity index (χ1) is 17.0. The fraction of sp³-hybridized carbons (Fsp3) is 0.400. The highest BCUT2D eigenvalue weighted by Gasteiger charge is 2.30. The van der Waals surface area contributed by atoms with Gasteiger partial charge in [0.05, 0.1) is 25.2 Å². The van der Waals surface area contributed by atoms with Crippen LogP contribution in [0, 0.1) is 13.8 Å². The van der Waals surface area contributed by atoms with Gasteiger partial charge in [-0.25, -0.2) is 0 Å². The van der Waals surface area contributed by atoms with E-state index in [1.54, 1.807) is 12.1 Å². The molecule has 3 rings (SSSR count). The number of hydrogen-bond acceptors (Lipinski definition) is 1. The molecule has 0 amide bonds. The second-order valence-corrected chi connectivity index (χ2v) is 9.91. The van der Waals surface area contributed by atoms with Crippen molar-refractivity contribution in [3.8, 4) is 0 Å². The molecule has 0 unspecified atom stereocenters. The summed E-state index contributed by atoms with van der Waals surface area (Å²) < 4.78 is 40.3. The summed E-state index contributed by atoms with van der Waals surface area (Å²) in [5, 5.41) is 0. The molecule has 3 aromatic carbocycles. The molecule has 2 radical (unpaired) electrons. The van der Waals surface area contributed by atoms with Crippen molar-refractivity contribution in [2.24, 2.45) is 0 Å². The summed E-state index contributed by atoms with van der Waals surface area (Å²) in [6, 6.07) is 19.9. The fourth-order valence-corrected chi connectivity index (χ4v) is 4.99. The van der Waals surface area contributed by atoms with E-state index in [-0.39, 0.29) is 0 Å². The Hall–Kier alpha value is -2.73. The quantitative estimate of drug-likeness (QED) is 0.216. The Balaban J connectivity index is 1.77. The summed E-state index contributed by atoms with van der Waals surface area (Å²) in [5.41, 5.74) is 5.86. The molecule has 0 aliphatic rings. The minimum absolute atomic E-state index is 0.612. The summed E-state index contributed by atoms with van der Waals surface area (Å²) in [6.07, 6.45) is -3.41. The van der Waals surface area contributed by atoms with E-state index in [0.717, 1.165) is 54.9 Å². The minimum atomic E-state index is -4.34. The first-order valence-corrected chi connectivity index (χ1v) is 12.7. The number of benzene rings is 3. The zero-order valence-corrected chi connectivity index (χ0v) is 21.9.